The van der Waals surface area contributed by atoms with Gasteiger partial charge >= 0.3 is 5.69 Å². The number of piperidine rings is 1. The predicted molar refractivity (Wildman–Crippen MR) is 137 cm³/mol. The van der Waals surface area contributed by atoms with Crippen LogP contribution in [0.25, 0.3) is 11.0 Å². The highest BCUT2D eigenvalue weighted by Crippen LogP contribution is 2.27. The van der Waals surface area contributed by atoms with Crippen molar-refractivity contribution in [1.82, 2.24) is 19.4 Å². The van der Waals surface area contributed by atoms with E-state index in [4.69, 9.17) is 12.2 Å². The Hall–Kier alpha value is -3.38. The number of benzene rings is 3. The topological polar surface area (TPSA) is 42.2 Å². The van der Waals surface area contributed by atoms with Crippen molar-refractivity contribution in [2.75, 3.05) is 13.1 Å². The van der Waals surface area contributed by atoms with Crippen LogP contribution < -0.4 is 11.0 Å². The highest BCUT2D eigenvalue weighted by atomic mass is 32.1. The number of aryl methyl sites for hydroxylation is 1. The minimum atomic E-state index is -0.00156. The molecule has 0 atom stereocenters. The third-order valence-electron chi connectivity index (χ3n) is 6.65. The van der Waals surface area contributed by atoms with E-state index in [0.717, 1.165) is 42.1 Å². The average molecular weight is 457 g/mol. The predicted octanol–water partition coefficient (Wildman–Crippen LogP) is 4.64. The fraction of sp³-hybridized carbons (Fsp3) is 0.259. The summed E-state index contributed by atoms with van der Waals surface area (Å²) in [6.07, 6.45) is 1.77. The van der Waals surface area contributed by atoms with Gasteiger partial charge in [0.1, 0.15) is 0 Å². The fourth-order valence-electron chi connectivity index (χ4n) is 4.86. The number of para-hydroxylation sites is 2. The standard InChI is InChI=1S/C27H28N4OS/c1-29-23-14-8-9-15-24(23)31(27(29)32)22-16-18-30(19-17-22)26(33)28-25(20-10-4-2-5-11-20)21-12-6-3-7-13-21/h2-15,22,25H,16-19H2,1H3,(H,28,33). The third-order valence-corrected chi connectivity index (χ3v) is 7.02. The lowest BCUT2D eigenvalue weighted by Crippen LogP contribution is -2.46. The first-order chi connectivity index (χ1) is 16.1. The number of fused-ring (bicyclic) bond motifs is 1. The van der Waals surface area contributed by atoms with E-state index in [1.165, 1.54) is 11.1 Å². The SMILES string of the molecule is Cn1c(=O)n(C2CCN(C(=S)NC(c3ccccc3)c3ccccc3)CC2)c2ccccc21. The van der Waals surface area contributed by atoms with E-state index in [1.54, 1.807) is 4.57 Å². The molecular weight excluding hydrogens is 428 g/mol. The van der Waals surface area contributed by atoms with Crippen molar-refractivity contribution in [2.24, 2.45) is 7.05 Å². The molecule has 1 aliphatic rings. The number of hydrogen-bond donors (Lipinski definition) is 1. The van der Waals surface area contributed by atoms with Gasteiger partial charge in [0.25, 0.3) is 0 Å². The molecule has 1 aromatic heterocycles. The fourth-order valence-corrected chi connectivity index (χ4v) is 5.16. The molecule has 1 saturated heterocycles. The maximum atomic E-state index is 12.9. The van der Waals surface area contributed by atoms with Gasteiger partial charge in [-0.3, -0.25) is 9.13 Å². The van der Waals surface area contributed by atoms with Crippen molar-refractivity contribution >= 4 is 28.4 Å². The molecule has 33 heavy (non-hydrogen) atoms. The smallest absolute Gasteiger partial charge is 0.329 e. The quantitative estimate of drug-likeness (QED) is 0.454. The normalized spacial score (nSPS) is 14.7. The molecule has 4 aromatic rings. The lowest BCUT2D eigenvalue weighted by molar-refractivity contribution is 0.263. The first-order valence-corrected chi connectivity index (χ1v) is 11.9. The van der Waals surface area contributed by atoms with E-state index in [2.05, 4.69) is 58.7 Å². The van der Waals surface area contributed by atoms with Crippen LogP contribution in [0.4, 0.5) is 0 Å². The zero-order chi connectivity index (χ0) is 22.8. The molecule has 0 bridgehead atoms. The van der Waals surface area contributed by atoms with Gasteiger partial charge in [0.2, 0.25) is 0 Å². The summed E-state index contributed by atoms with van der Waals surface area (Å²) in [5, 5.41) is 4.36. The molecule has 0 unspecified atom stereocenters. The van der Waals surface area contributed by atoms with Crippen molar-refractivity contribution in [2.45, 2.75) is 24.9 Å². The molecule has 0 radical (unpaired) electrons. The lowest BCUT2D eigenvalue weighted by atomic mass is 9.99. The molecule has 3 aromatic carbocycles. The molecule has 0 aliphatic carbocycles. The van der Waals surface area contributed by atoms with Gasteiger partial charge in [-0.25, -0.2) is 4.79 Å². The number of nitrogens with zero attached hydrogens (tertiary/aromatic N) is 3. The van der Waals surface area contributed by atoms with Crippen LogP contribution in [-0.4, -0.2) is 32.2 Å². The third kappa shape index (κ3) is 4.18. The summed E-state index contributed by atoms with van der Waals surface area (Å²) in [6.45, 7) is 1.64. The minimum absolute atomic E-state index is 0.00156. The number of aromatic nitrogens is 2. The van der Waals surface area contributed by atoms with E-state index >= 15 is 0 Å². The molecule has 1 fully saturated rings. The van der Waals surface area contributed by atoms with Crippen LogP contribution in [0.15, 0.2) is 89.7 Å². The van der Waals surface area contributed by atoms with Gasteiger partial charge in [0, 0.05) is 26.2 Å². The van der Waals surface area contributed by atoms with E-state index in [0.29, 0.717) is 0 Å². The Morgan fingerprint density at radius 1 is 0.848 bits per heavy atom. The van der Waals surface area contributed by atoms with E-state index < -0.39 is 0 Å². The molecule has 0 saturated carbocycles. The van der Waals surface area contributed by atoms with Gasteiger partial charge in [0.15, 0.2) is 5.11 Å². The van der Waals surface area contributed by atoms with Crippen LogP contribution in [-0.2, 0) is 7.05 Å². The molecular formula is C27H28N4OS. The molecule has 0 amide bonds. The van der Waals surface area contributed by atoms with Crippen LogP contribution in [0, 0.1) is 0 Å². The highest BCUT2D eigenvalue weighted by molar-refractivity contribution is 7.80. The Morgan fingerprint density at radius 3 is 1.94 bits per heavy atom. The lowest BCUT2D eigenvalue weighted by Gasteiger charge is -2.35. The highest BCUT2D eigenvalue weighted by Gasteiger charge is 2.26. The largest absolute Gasteiger partial charge is 0.352 e. The zero-order valence-corrected chi connectivity index (χ0v) is 19.5. The summed E-state index contributed by atoms with van der Waals surface area (Å²) in [4.78, 5) is 15.2. The van der Waals surface area contributed by atoms with E-state index in [1.807, 2.05) is 48.0 Å². The van der Waals surface area contributed by atoms with Crippen LogP contribution in [0.5, 0.6) is 0 Å². The molecule has 6 heteroatoms. The zero-order valence-electron chi connectivity index (χ0n) is 18.7. The molecule has 168 valence electrons. The van der Waals surface area contributed by atoms with Crippen molar-refractivity contribution in [1.29, 1.82) is 0 Å². The molecule has 1 N–H and O–H groups in total. The Kier molecular flexibility index (Phi) is 6.01. The molecule has 1 aliphatic heterocycles. The van der Waals surface area contributed by atoms with Crippen LogP contribution in [0.3, 0.4) is 0 Å². The van der Waals surface area contributed by atoms with Gasteiger partial charge in [0.05, 0.1) is 17.1 Å². The number of thiocarbonyl (C=S) groups is 1. The summed E-state index contributed by atoms with van der Waals surface area (Å²) in [5.74, 6) is 0. The second-order valence-corrected chi connectivity index (χ2v) is 9.01. The monoisotopic (exact) mass is 456 g/mol. The van der Waals surface area contributed by atoms with Gasteiger partial charge < -0.3 is 10.2 Å². The summed E-state index contributed by atoms with van der Waals surface area (Å²) in [5.41, 5.74) is 4.42. The number of nitrogens with one attached hydrogen (secondary N) is 1. The summed E-state index contributed by atoms with van der Waals surface area (Å²) >= 11 is 5.85. The Labute approximate surface area is 199 Å². The number of hydrogen-bond acceptors (Lipinski definition) is 2. The summed E-state index contributed by atoms with van der Waals surface area (Å²) in [6, 6.07) is 29.0. The summed E-state index contributed by atoms with van der Waals surface area (Å²) < 4.78 is 3.72. The van der Waals surface area contributed by atoms with Gasteiger partial charge in [-0.15, -0.1) is 0 Å². The van der Waals surface area contributed by atoms with Crippen LogP contribution >= 0.6 is 12.2 Å². The molecule has 5 nitrogen and oxygen atoms in total. The second-order valence-electron chi connectivity index (χ2n) is 8.62. The Balaban J connectivity index is 1.32. The maximum Gasteiger partial charge on any atom is 0.329 e. The van der Waals surface area contributed by atoms with Crippen molar-refractivity contribution in [3.05, 3.63) is 107 Å². The number of likely N-dealkylation sites (tertiary alicyclic amines) is 1. The van der Waals surface area contributed by atoms with E-state index in [9.17, 15) is 4.79 Å². The van der Waals surface area contributed by atoms with Gasteiger partial charge in [-0.2, -0.15) is 0 Å². The number of rotatable bonds is 4. The van der Waals surface area contributed by atoms with Gasteiger partial charge in [-0.05, 0) is 48.3 Å². The average Bonchev–Trinajstić information content (AvgIpc) is 3.13. The van der Waals surface area contributed by atoms with Crippen molar-refractivity contribution in [3.8, 4) is 0 Å². The number of imidazole rings is 1. The molecule has 5 rings (SSSR count). The molecule has 2 heterocycles. The van der Waals surface area contributed by atoms with E-state index in [-0.39, 0.29) is 17.8 Å². The Morgan fingerprint density at radius 2 is 1.36 bits per heavy atom. The minimum Gasteiger partial charge on any atom is -0.352 e. The van der Waals surface area contributed by atoms with Crippen LogP contribution in [0.2, 0.25) is 0 Å². The second kappa shape index (κ2) is 9.24. The first-order valence-electron chi connectivity index (χ1n) is 11.4. The first kappa shape index (κ1) is 21.5. The summed E-state index contributed by atoms with van der Waals surface area (Å²) in [7, 11) is 1.85. The Bertz CT molecular complexity index is 1260. The van der Waals surface area contributed by atoms with Crippen LogP contribution in [0.1, 0.15) is 36.1 Å². The molecule has 0 spiro atoms. The van der Waals surface area contributed by atoms with Crippen molar-refractivity contribution in [3.63, 3.8) is 0 Å². The van der Waals surface area contributed by atoms with Gasteiger partial charge in [-0.1, -0.05) is 72.8 Å². The maximum absolute atomic E-state index is 12.9. The van der Waals surface area contributed by atoms with Crippen molar-refractivity contribution < 1.29 is 0 Å².